The molecule has 0 aromatic rings. The molecule has 0 aliphatic carbocycles. The molecule has 7 nitrogen and oxygen atoms in total. The minimum Gasteiger partial charge on any atom is -0.242 e. The summed E-state index contributed by atoms with van der Waals surface area (Å²) >= 11 is 0. The van der Waals surface area contributed by atoms with Crippen LogP contribution in [-0.4, -0.2) is 18.1 Å². The van der Waals surface area contributed by atoms with Gasteiger partial charge in [0.2, 0.25) is 0 Å². The fourth-order valence-corrected chi connectivity index (χ4v) is 0.300. The van der Waals surface area contributed by atoms with Crippen molar-refractivity contribution >= 4 is 18.1 Å². The molecule has 0 aliphatic heterocycles. The highest BCUT2D eigenvalue weighted by atomic mass is 17.3. The first kappa shape index (κ1) is 13.7. The van der Waals surface area contributed by atoms with E-state index in [0.717, 1.165) is 0 Å². The van der Waals surface area contributed by atoms with Crippen LogP contribution in [0.4, 0.5) is 4.79 Å². The fourth-order valence-electron chi connectivity index (χ4n) is 0.300. The third-order valence-corrected chi connectivity index (χ3v) is 1.07. The van der Waals surface area contributed by atoms with Gasteiger partial charge in [-0.3, -0.25) is 0 Å². The molecule has 0 heterocycles. The van der Waals surface area contributed by atoms with E-state index in [2.05, 4.69) is 32.7 Å². The first-order valence-corrected chi connectivity index (χ1v) is 3.97. The van der Waals surface area contributed by atoms with Crippen molar-refractivity contribution < 1.29 is 33.9 Å². The van der Waals surface area contributed by atoms with Crippen molar-refractivity contribution in [2.24, 2.45) is 0 Å². The Balaban J connectivity index is 3.84. The minimum absolute atomic E-state index is 0.0201. The molecule has 0 N–H and O–H groups in total. The van der Waals surface area contributed by atoms with Gasteiger partial charge in [-0.25, -0.2) is 29.1 Å². The van der Waals surface area contributed by atoms with E-state index in [-0.39, 0.29) is 11.1 Å². The van der Waals surface area contributed by atoms with Crippen molar-refractivity contribution in [3.05, 3.63) is 24.3 Å². The fraction of sp³-hybridized carbons (Fsp3) is 0.222. The second-order valence-electron chi connectivity index (χ2n) is 2.72. The Bertz CT molecular complexity index is 310. The topological polar surface area (TPSA) is 88.1 Å². The summed E-state index contributed by atoms with van der Waals surface area (Å²) in [5.41, 5.74) is 0.0402. The lowest BCUT2D eigenvalue weighted by atomic mass is 10.4. The van der Waals surface area contributed by atoms with Gasteiger partial charge in [0.25, 0.3) is 0 Å². The van der Waals surface area contributed by atoms with E-state index >= 15 is 0 Å². The van der Waals surface area contributed by atoms with E-state index in [9.17, 15) is 14.4 Å². The zero-order valence-corrected chi connectivity index (χ0v) is 8.77. The van der Waals surface area contributed by atoms with E-state index < -0.39 is 18.1 Å². The van der Waals surface area contributed by atoms with Crippen molar-refractivity contribution in [1.29, 1.82) is 0 Å². The van der Waals surface area contributed by atoms with Gasteiger partial charge in [0.1, 0.15) is 0 Å². The standard InChI is InChI=1S/C9H10O7/c1-5(2)7(10)13-15-9(12)16-14-8(11)6(3)4/h1,3H2,2,4H3. The monoisotopic (exact) mass is 230 g/mol. The van der Waals surface area contributed by atoms with Crippen LogP contribution in [0.15, 0.2) is 24.3 Å². The van der Waals surface area contributed by atoms with E-state index in [0.29, 0.717) is 0 Å². The quantitative estimate of drug-likeness (QED) is 0.400. The predicted molar refractivity (Wildman–Crippen MR) is 49.4 cm³/mol. The van der Waals surface area contributed by atoms with Crippen LogP contribution in [0, 0.1) is 0 Å². The predicted octanol–water partition coefficient (Wildman–Crippen LogP) is 1.21. The maximum absolute atomic E-state index is 10.7. The Hall–Kier alpha value is -2.31. The number of hydrogen-bond donors (Lipinski definition) is 0. The van der Waals surface area contributed by atoms with Crippen LogP contribution in [0.2, 0.25) is 0 Å². The summed E-state index contributed by atoms with van der Waals surface area (Å²) < 4.78 is 0. The van der Waals surface area contributed by atoms with Gasteiger partial charge < -0.3 is 0 Å². The molecule has 0 spiro atoms. The summed E-state index contributed by atoms with van der Waals surface area (Å²) in [6.45, 7) is 9.14. The molecule has 0 radical (unpaired) electrons. The summed E-state index contributed by atoms with van der Waals surface area (Å²) in [5, 5.41) is 0. The summed E-state index contributed by atoms with van der Waals surface area (Å²) in [6, 6.07) is 0. The van der Waals surface area contributed by atoms with Crippen LogP contribution in [0.25, 0.3) is 0 Å². The molecule has 0 aromatic carbocycles. The normalized spacial score (nSPS) is 8.62. The number of rotatable bonds is 2. The van der Waals surface area contributed by atoms with Crippen LogP contribution < -0.4 is 0 Å². The number of carbonyl (C=O) groups is 3. The maximum atomic E-state index is 10.7. The van der Waals surface area contributed by atoms with Crippen LogP contribution >= 0.6 is 0 Å². The highest BCUT2D eigenvalue weighted by molar-refractivity contribution is 5.87. The zero-order chi connectivity index (χ0) is 12.7. The molecular formula is C9H10O7. The lowest BCUT2D eigenvalue weighted by Gasteiger charge is -2.02. The van der Waals surface area contributed by atoms with Gasteiger partial charge in [0.05, 0.1) is 0 Å². The Morgan fingerprint density at radius 1 is 0.750 bits per heavy atom. The van der Waals surface area contributed by atoms with E-state index in [1.807, 2.05) is 0 Å². The largest absolute Gasteiger partial charge is 0.592 e. The lowest BCUT2D eigenvalue weighted by Crippen LogP contribution is -2.15. The maximum Gasteiger partial charge on any atom is 0.592 e. The molecule has 0 amide bonds. The molecule has 0 bridgehead atoms. The van der Waals surface area contributed by atoms with Gasteiger partial charge in [-0.15, -0.1) is 0 Å². The average Bonchev–Trinajstić information content (AvgIpc) is 2.21. The van der Waals surface area contributed by atoms with Crippen LogP contribution in [0.5, 0.6) is 0 Å². The smallest absolute Gasteiger partial charge is 0.242 e. The average molecular weight is 230 g/mol. The first-order chi connectivity index (χ1) is 7.34. The van der Waals surface area contributed by atoms with Gasteiger partial charge in [-0.1, -0.05) is 13.2 Å². The van der Waals surface area contributed by atoms with Crippen molar-refractivity contribution in [2.75, 3.05) is 0 Å². The van der Waals surface area contributed by atoms with Crippen LogP contribution in [0.1, 0.15) is 13.8 Å². The molecule has 0 atom stereocenters. The van der Waals surface area contributed by atoms with E-state index in [1.165, 1.54) is 13.8 Å². The summed E-state index contributed by atoms with van der Waals surface area (Å²) in [7, 11) is 0. The summed E-state index contributed by atoms with van der Waals surface area (Å²) in [6.07, 6.45) is -1.51. The zero-order valence-electron chi connectivity index (χ0n) is 8.77. The molecule has 0 saturated heterocycles. The van der Waals surface area contributed by atoms with Crippen molar-refractivity contribution in [2.45, 2.75) is 13.8 Å². The molecule has 0 saturated carbocycles. The highest BCUT2D eigenvalue weighted by Crippen LogP contribution is 1.97. The molecular weight excluding hydrogens is 220 g/mol. The molecule has 0 rings (SSSR count). The molecule has 0 aromatic heterocycles. The Morgan fingerprint density at radius 3 is 1.31 bits per heavy atom. The van der Waals surface area contributed by atoms with Gasteiger partial charge in [0, 0.05) is 11.1 Å². The third-order valence-electron chi connectivity index (χ3n) is 1.07. The molecule has 16 heavy (non-hydrogen) atoms. The first-order valence-electron chi connectivity index (χ1n) is 3.97. The van der Waals surface area contributed by atoms with Gasteiger partial charge in [0.15, 0.2) is 0 Å². The number of hydrogen-bond acceptors (Lipinski definition) is 7. The minimum atomic E-state index is -1.51. The number of carbonyl (C=O) groups excluding carboxylic acids is 3. The highest BCUT2D eigenvalue weighted by Gasteiger charge is 2.15. The molecule has 0 unspecified atom stereocenters. The molecule has 88 valence electrons. The van der Waals surface area contributed by atoms with Gasteiger partial charge in [-0.05, 0) is 13.8 Å². The van der Waals surface area contributed by atoms with Crippen molar-refractivity contribution in [3.63, 3.8) is 0 Å². The summed E-state index contributed by atoms with van der Waals surface area (Å²) in [4.78, 5) is 47.6. The third kappa shape index (κ3) is 5.43. The Labute approximate surface area is 91.1 Å². The molecule has 0 aliphatic rings. The second kappa shape index (κ2) is 6.23. The van der Waals surface area contributed by atoms with Crippen LogP contribution in [-0.2, 0) is 29.1 Å². The van der Waals surface area contributed by atoms with Crippen molar-refractivity contribution in [1.82, 2.24) is 0 Å². The van der Waals surface area contributed by atoms with Gasteiger partial charge >= 0.3 is 18.1 Å². The van der Waals surface area contributed by atoms with E-state index in [4.69, 9.17) is 0 Å². The SMILES string of the molecule is C=C(C)C(=O)OOC(=O)OOC(=O)C(=C)C. The van der Waals surface area contributed by atoms with E-state index in [1.54, 1.807) is 0 Å². The molecule has 0 fully saturated rings. The molecule has 7 heteroatoms. The van der Waals surface area contributed by atoms with Crippen molar-refractivity contribution in [3.8, 4) is 0 Å². The Morgan fingerprint density at radius 2 is 1.06 bits per heavy atom. The van der Waals surface area contributed by atoms with Crippen LogP contribution in [0.3, 0.4) is 0 Å². The van der Waals surface area contributed by atoms with Gasteiger partial charge in [-0.2, -0.15) is 4.79 Å². The second-order valence-corrected chi connectivity index (χ2v) is 2.72. The lowest BCUT2D eigenvalue weighted by molar-refractivity contribution is -0.289. The summed E-state index contributed by atoms with van der Waals surface area (Å²) in [5.74, 6) is -1.91. The Kier molecular flexibility index (Phi) is 5.33.